The molecule has 0 unspecified atom stereocenters. The van der Waals surface area contributed by atoms with Crippen LogP contribution in [-0.2, 0) is 0 Å². The molecule has 4 nitrogen and oxygen atoms in total. The molecule has 3 rings (SSSR count). The molecule has 3 aromatic rings. The fraction of sp³-hybridized carbons (Fsp3) is 0. The van der Waals surface area contributed by atoms with Gasteiger partial charge < -0.3 is 10.2 Å². The summed E-state index contributed by atoms with van der Waals surface area (Å²) in [6.45, 7) is 0. The highest BCUT2D eigenvalue weighted by atomic mass is 16.3. The maximum Gasteiger partial charge on any atom is 0.148 e. The van der Waals surface area contributed by atoms with Gasteiger partial charge in [0, 0.05) is 0 Å². The number of fused-ring (bicyclic) bond motifs is 1. The summed E-state index contributed by atoms with van der Waals surface area (Å²) in [6.07, 6.45) is 3.27. The van der Waals surface area contributed by atoms with Gasteiger partial charge in [0.05, 0.1) is 23.5 Å². The molecule has 0 atom stereocenters. The van der Waals surface area contributed by atoms with Crippen LogP contribution in [0.2, 0.25) is 0 Å². The van der Waals surface area contributed by atoms with E-state index < -0.39 is 0 Å². The zero-order chi connectivity index (χ0) is 11.8. The normalized spacial score (nSPS) is 10.8. The van der Waals surface area contributed by atoms with Crippen LogP contribution >= 0.6 is 0 Å². The Morgan fingerprint density at radius 1 is 1.00 bits per heavy atom. The standard InChI is InChI=1S/C13H10N2O2/c16-10-6-5-9-7-14-13(15(9)8-10)11-3-1-2-4-12(11)17/h1-8,16-17H. The van der Waals surface area contributed by atoms with E-state index in [0.29, 0.717) is 11.4 Å². The number of phenols is 1. The minimum absolute atomic E-state index is 0.159. The molecular formula is C13H10N2O2. The third-order valence-corrected chi connectivity index (χ3v) is 2.66. The fourth-order valence-electron chi connectivity index (χ4n) is 1.84. The minimum atomic E-state index is 0.159. The number of para-hydroxylation sites is 1. The third kappa shape index (κ3) is 1.50. The van der Waals surface area contributed by atoms with Crippen molar-refractivity contribution < 1.29 is 10.2 Å². The number of imidazole rings is 1. The average molecular weight is 226 g/mol. The second-order valence-corrected chi connectivity index (χ2v) is 3.78. The topological polar surface area (TPSA) is 57.8 Å². The zero-order valence-corrected chi connectivity index (χ0v) is 8.91. The number of phenolic OH excluding ortho intramolecular Hbond substituents is 1. The van der Waals surface area contributed by atoms with Crippen LogP contribution in [-0.4, -0.2) is 19.6 Å². The van der Waals surface area contributed by atoms with Crippen molar-refractivity contribution in [2.45, 2.75) is 0 Å². The minimum Gasteiger partial charge on any atom is -0.507 e. The number of aromatic hydroxyl groups is 2. The SMILES string of the molecule is Oc1ccc2cnc(-c3ccccc3O)n2c1. The quantitative estimate of drug-likeness (QED) is 0.670. The van der Waals surface area contributed by atoms with E-state index >= 15 is 0 Å². The molecule has 0 saturated heterocycles. The number of benzene rings is 1. The Hall–Kier alpha value is -2.49. The predicted molar refractivity (Wildman–Crippen MR) is 64.0 cm³/mol. The summed E-state index contributed by atoms with van der Waals surface area (Å²) >= 11 is 0. The summed E-state index contributed by atoms with van der Waals surface area (Å²) < 4.78 is 1.74. The highest BCUT2D eigenvalue weighted by Gasteiger charge is 2.10. The summed E-state index contributed by atoms with van der Waals surface area (Å²) in [5.74, 6) is 0.935. The molecule has 2 aromatic heterocycles. The lowest BCUT2D eigenvalue weighted by Crippen LogP contribution is -1.89. The first-order valence-electron chi connectivity index (χ1n) is 5.20. The highest BCUT2D eigenvalue weighted by molar-refractivity contribution is 5.68. The third-order valence-electron chi connectivity index (χ3n) is 2.66. The Morgan fingerprint density at radius 2 is 1.82 bits per heavy atom. The van der Waals surface area contributed by atoms with E-state index in [1.165, 1.54) is 0 Å². The van der Waals surface area contributed by atoms with Crippen LogP contribution in [0.4, 0.5) is 0 Å². The van der Waals surface area contributed by atoms with Crippen molar-refractivity contribution in [1.29, 1.82) is 0 Å². The van der Waals surface area contributed by atoms with Crippen molar-refractivity contribution in [2.24, 2.45) is 0 Å². The molecule has 0 fully saturated rings. The molecule has 4 heteroatoms. The van der Waals surface area contributed by atoms with Crippen LogP contribution in [0.3, 0.4) is 0 Å². The summed E-state index contributed by atoms with van der Waals surface area (Å²) in [7, 11) is 0. The Kier molecular flexibility index (Phi) is 2.01. The van der Waals surface area contributed by atoms with Gasteiger partial charge in [-0.3, -0.25) is 4.40 Å². The Bertz CT molecular complexity index is 689. The molecule has 0 amide bonds. The molecule has 17 heavy (non-hydrogen) atoms. The first-order chi connectivity index (χ1) is 8.25. The predicted octanol–water partition coefficient (Wildman–Crippen LogP) is 2.41. The summed E-state index contributed by atoms with van der Waals surface area (Å²) in [6, 6.07) is 10.4. The number of hydrogen-bond acceptors (Lipinski definition) is 3. The monoisotopic (exact) mass is 226 g/mol. The van der Waals surface area contributed by atoms with E-state index in [2.05, 4.69) is 4.98 Å². The van der Waals surface area contributed by atoms with Crippen molar-refractivity contribution >= 4 is 5.52 Å². The van der Waals surface area contributed by atoms with Gasteiger partial charge in [0.25, 0.3) is 0 Å². The number of nitrogens with zero attached hydrogens (tertiary/aromatic N) is 2. The molecule has 1 aromatic carbocycles. The van der Waals surface area contributed by atoms with E-state index in [9.17, 15) is 10.2 Å². The largest absolute Gasteiger partial charge is 0.507 e. The van der Waals surface area contributed by atoms with E-state index in [1.54, 1.807) is 47.1 Å². The fourth-order valence-corrected chi connectivity index (χ4v) is 1.84. The molecule has 0 saturated carbocycles. The average Bonchev–Trinajstić information content (AvgIpc) is 2.72. The van der Waals surface area contributed by atoms with Gasteiger partial charge in [0.1, 0.15) is 17.3 Å². The van der Waals surface area contributed by atoms with Gasteiger partial charge in [-0.1, -0.05) is 12.1 Å². The number of hydrogen-bond donors (Lipinski definition) is 2. The molecule has 0 bridgehead atoms. The van der Waals surface area contributed by atoms with Crippen LogP contribution in [0.1, 0.15) is 0 Å². The number of rotatable bonds is 1. The van der Waals surface area contributed by atoms with Crippen molar-refractivity contribution in [3.63, 3.8) is 0 Å². The summed E-state index contributed by atoms with van der Waals surface area (Å²) in [5, 5.41) is 19.3. The Balaban J connectivity index is 2.31. The lowest BCUT2D eigenvalue weighted by molar-refractivity contribution is 0.471. The van der Waals surface area contributed by atoms with Crippen LogP contribution < -0.4 is 0 Å². The van der Waals surface area contributed by atoms with Gasteiger partial charge in [-0.25, -0.2) is 4.98 Å². The van der Waals surface area contributed by atoms with Crippen LogP contribution in [0, 0.1) is 0 Å². The van der Waals surface area contributed by atoms with Crippen LogP contribution in [0.15, 0.2) is 48.8 Å². The van der Waals surface area contributed by atoms with E-state index in [4.69, 9.17) is 0 Å². The molecular weight excluding hydrogens is 216 g/mol. The van der Waals surface area contributed by atoms with Gasteiger partial charge in [0.2, 0.25) is 0 Å². The molecule has 0 spiro atoms. The number of aromatic nitrogens is 2. The molecule has 84 valence electrons. The smallest absolute Gasteiger partial charge is 0.148 e. The molecule has 2 N–H and O–H groups in total. The first-order valence-corrected chi connectivity index (χ1v) is 5.20. The van der Waals surface area contributed by atoms with E-state index in [1.807, 2.05) is 6.07 Å². The van der Waals surface area contributed by atoms with Gasteiger partial charge in [-0.05, 0) is 24.3 Å². The maximum absolute atomic E-state index is 9.80. The second-order valence-electron chi connectivity index (χ2n) is 3.78. The summed E-state index contributed by atoms with van der Waals surface area (Å²) in [5.41, 5.74) is 1.50. The zero-order valence-electron chi connectivity index (χ0n) is 8.91. The molecule has 0 aliphatic carbocycles. The molecule has 2 heterocycles. The second kappa shape index (κ2) is 3.52. The van der Waals surface area contributed by atoms with E-state index in [0.717, 1.165) is 5.52 Å². The Labute approximate surface area is 97.4 Å². The maximum atomic E-state index is 9.80. The van der Waals surface area contributed by atoms with Gasteiger partial charge in [-0.2, -0.15) is 0 Å². The molecule has 0 radical (unpaired) electrons. The van der Waals surface area contributed by atoms with Gasteiger partial charge >= 0.3 is 0 Å². The Morgan fingerprint density at radius 3 is 2.65 bits per heavy atom. The van der Waals surface area contributed by atoms with Crippen molar-refractivity contribution in [3.8, 4) is 22.9 Å². The highest BCUT2D eigenvalue weighted by Crippen LogP contribution is 2.28. The van der Waals surface area contributed by atoms with Crippen LogP contribution in [0.25, 0.3) is 16.9 Å². The number of pyridine rings is 1. The van der Waals surface area contributed by atoms with Gasteiger partial charge in [-0.15, -0.1) is 0 Å². The molecule has 0 aliphatic heterocycles. The van der Waals surface area contributed by atoms with Gasteiger partial charge in [0.15, 0.2) is 0 Å². The lowest BCUT2D eigenvalue weighted by atomic mass is 10.2. The van der Waals surface area contributed by atoms with Crippen LogP contribution in [0.5, 0.6) is 11.5 Å². The van der Waals surface area contributed by atoms with Crippen molar-refractivity contribution in [1.82, 2.24) is 9.38 Å². The molecule has 0 aliphatic rings. The van der Waals surface area contributed by atoms with E-state index in [-0.39, 0.29) is 11.5 Å². The van der Waals surface area contributed by atoms with Crippen molar-refractivity contribution in [3.05, 3.63) is 48.8 Å². The first kappa shape index (κ1) is 9.72. The summed E-state index contributed by atoms with van der Waals surface area (Å²) in [4.78, 5) is 4.26. The lowest BCUT2D eigenvalue weighted by Gasteiger charge is -2.04. The van der Waals surface area contributed by atoms with Crippen molar-refractivity contribution in [2.75, 3.05) is 0 Å².